The van der Waals surface area contributed by atoms with Crippen molar-refractivity contribution in [3.8, 4) is 11.5 Å². The minimum absolute atomic E-state index is 0.0124. The molecule has 0 atom stereocenters. The summed E-state index contributed by atoms with van der Waals surface area (Å²) in [5.74, 6) is -1.30. The number of benzene rings is 2. The van der Waals surface area contributed by atoms with Crippen LogP contribution >= 0.6 is 0 Å². The third-order valence-corrected chi connectivity index (χ3v) is 5.56. The molecule has 0 radical (unpaired) electrons. The molecule has 4 rings (SSSR count). The first kappa shape index (κ1) is 19.1. The van der Waals surface area contributed by atoms with Crippen molar-refractivity contribution in [2.75, 3.05) is 7.05 Å². The van der Waals surface area contributed by atoms with Crippen molar-refractivity contribution in [3.63, 3.8) is 0 Å². The minimum Gasteiger partial charge on any atom is -0.505 e. The van der Waals surface area contributed by atoms with Gasteiger partial charge in [0.2, 0.25) is 0 Å². The standard InChI is InChI=1S/C19H16FN3O5S/c1-21-29(26,27)28-18-13-3-2-8-22-16(13)17(24)15-14(18)10-23(19(15)25)9-11-4-6-12(20)7-5-11/h2-8,21,24H,9-10H2,1H3. The van der Waals surface area contributed by atoms with Gasteiger partial charge in [0.1, 0.15) is 11.3 Å². The number of rotatable bonds is 5. The predicted molar refractivity (Wildman–Crippen MR) is 102 cm³/mol. The summed E-state index contributed by atoms with van der Waals surface area (Å²) in [7, 11) is -2.93. The van der Waals surface area contributed by atoms with E-state index in [-0.39, 0.29) is 46.6 Å². The third-order valence-electron chi connectivity index (χ3n) is 4.67. The number of hydrogen-bond donors (Lipinski definition) is 2. The van der Waals surface area contributed by atoms with Gasteiger partial charge in [0.05, 0.1) is 12.1 Å². The van der Waals surface area contributed by atoms with Gasteiger partial charge in [-0.15, -0.1) is 0 Å². The van der Waals surface area contributed by atoms with Crippen LogP contribution in [0.5, 0.6) is 11.5 Å². The Morgan fingerprint density at radius 3 is 2.69 bits per heavy atom. The van der Waals surface area contributed by atoms with Gasteiger partial charge in [-0.3, -0.25) is 9.78 Å². The molecule has 0 unspecified atom stereocenters. The zero-order valence-corrected chi connectivity index (χ0v) is 16.0. The van der Waals surface area contributed by atoms with Gasteiger partial charge in [0.15, 0.2) is 11.5 Å². The van der Waals surface area contributed by atoms with Crippen molar-refractivity contribution in [1.29, 1.82) is 0 Å². The second kappa shape index (κ2) is 6.98. The number of carbonyl (C=O) groups excluding carboxylic acids is 1. The van der Waals surface area contributed by atoms with Crippen LogP contribution in [0.2, 0.25) is 0 Å². The number of aromatic hydroxyl groups is 1. The zero-order valence-electron chi connectivity index (χ0n) is 15.2. The molecule has 1 amide bonds. The summed E-state index contributed by atoms with van der Waals surface area (Å²) in [6.07, 6.45) is 1.42. The quantitative estimate of drug-likeness (QED) is 0.658. The molecule has 2 N–H and O–H groups in total. The number of nitrogens with zero attached hydrogens (tertiary/aromatic N) is 2. The molecule has 0 fully saturated rings. The van der Waals surface area contributed by atoms with Crippen LogP contribution in [0.25, 0.3) is 10.9 Å². The zero-order chi connectivity index (χ0) is 20.8. The van der Waals surface area contributed by atoms with Gasteiger partial charge in [0, 0.05) is 30.7 Å². The highest BCUT2D eigenvalue weighted by molar-refractivity contribution is 7.85. The summed E-state index contributed by atoms with van der Waals surface area (Å²) in [6, 6.07) is 8.79. The summed E-state index contributed by atoms with van der Waals surface area (Å²) in [5.41, 5.74) is 0.929. The fourth-order valence-corrected chi connectivity index (χ4v) is 3.79. The van der Waals surface area contributed by atoms with E-state index in [0.29, 0.717) is 5.56 Å². The molecule has 0 bridgehead atoms. The van der Waals surface area contributed by atoms with Crippen molar-refractivity contribution in [2.24, 2.45) is 0 Å². The fourth-order valence-electron chi connectivity index (χ4n) is 3.30. The number of carbonyl (C=O) groups is 1. The van der Waals surface area contributed by atoms with E-state index < -0.39 is 22.0 Å². The summed E-state index contributed by atoms with van der Waals surface area (Å²) in [5, 5.41) is 10.9. The Morgan fingerprint density at radius 1 is 1.28 bits per heavy atom. The molecular formula is C19H16FN3O5S. The predicted octanol–water partition coefficient (Wildman–Crippen LogP) is 2.08. The number of hydrogen-bond acceptors (Lipinski definition) is 6. The van der Waals surface area contributed by atoms with Gasteiger partial charge in [-0.05, 0) is 29.8 Å². The first-order valence-corrected chi connectivity index (χ1v) is 10.0. The largest absolute Gasteiger partial charge is 0.505 e. The number of phenols is 1. The summed E-state index contributed by atoms with van der Waals surface area (Å²) in [6.45, 7) is 0.160. The summed E-state index contributed by atoms with van der Waals surface area (Å²) >= 11 is 0. The van der Waals surface area contributed by atoms with Gasteiger partial charge in [-0.2, -0.15) is 13.1 Å². The van der Waals surface area contributed by atoms with E-state index in [1.54, 1.807) is 24.3 Å². The second-order valence-electron chi connectivity index (χ2n) is 6.46. The second-order valence-corrected chi connectivity index (χ2v) is 7.94. The molecule has 29 heavy (non-hydrogen) atoms. The monoisotopic (exact) mass is 417 g/mol. The lowest BCUT2D eigenvalue weighted by Crippen LogP contribution is -2.25. The van der Waals surface area contributed by atoms with Crippen LogP contribution in [0.3, 0.4) is 0 Å². The SMILES string of the molecule is CNS(=O)(=O)Oc1c2c(c(O)c3ncccc13)C(=O)N(Cc1ccc(F)cc1)C2. The Hall–Kier alpha value is -3.24. The van der Waals surface area contributed by atoms with E-state index in [4.69, 9.17) is 4.18 Å². The van der Waals surface area contributed by atoms with Gasteiger partial charge in [-0.25, -0.2) is 4.39 Å². The van der Waals surface area contributed by atoms with Crippen molar-refractivity contribution < 1.29 is 26.9 Å². The molecule has 1 aromatic heterocycles. The molecule has 2 aromatic carbocycles. The highest BCUT2D eigenvalue weighted by Crippen LogP contribution is 2.44. The first-order chi connectivity index (χ1) is 13.8. The maximum Gasteiger partial charge on any atom is 0.382 e. The average molecular weight is 417 g/mol. The molecule has 0 saturated carbocycles. The van der Waals surface area contributed by atoms with Crippen LogP contribution in [0.4, 0.5) is 4.39 Å². The number of halogens is 1. The highest BCUT2D eigenvalue weighted by atomic mass is 32.2. The lowest BCUT2D eigenvalue weighted by molar-refractivity contribution is 0.0764. The Balaban J connectivity index is 1.83. The molecule has 8 nitrogen and oxygen atoms in total. The number of amides is 1. The first-order valence-electron chi connectivity index (χ1n) is 8.60. The lowest BCUT2D eigenvalue weighted by Gasteiger charge is -2.16. The highest BCUT2D eigenvalue weighted by Gasteiger charge is 2.36. The number of pyridine rings is 1. The van der Waals surface area contributed by atoms with Gasteiger partial charge in [-0.1, -0.05) is 12.1 Å². The van der Waals surface area contributed by atoms with Crippen molar-refractivity contribution in [2.45, 2.75) is 13.1 Å². The number of fused-ring (bicyclic) bond motifs is 2. The maximum atomic E-state index is 13.1. The average Bonchev–Trinajstić information content (AvgIpc) is 3.03. The van der Waals surface area contributed by atoms with Gasteiger partial charge < -0.3 is 14.2 Å². The Kier molecular flexibility index (Phi) is 4.59. The van der Waals surface area contributed by atoms with E-state index >= 15 is 0 Å². The van der Waals surface area contributed by atoms with E-state index in [2.05, 4.69) is 9.71 Å². The van der Waals surface area contributed by atoms with Crippen LogP contribution < -0.4 is 8.91 Å². The number of aromatic nitrogens is 1. The van der Waals surface area contributed by atoms with E-state index in [1.165, 1.54) is 30.3 Å². The third kappa shape index (κ3) is 3.36. The molecule has 0 aliphatic carbocycles. The van der Waals surface area contributed by atoms with Crippen LogP contribution in [0, 0.1) is 5.82 Å². The Bertz CT molecular complexity index is 1230. The van der Waals surface area contributed by atoms with Gasteiger partial charge >= 0.3 is 10.3 Å². The van der Waals surface area contributed by atoms with E-state index in [1.807, 2.05) is 0 Å². The fraction of sp³-hybridized carbons (Fsp3) is 0.158. The molecule has 10 heteroatoms. The smallest absolute Gasteiger partial charge is 0.382 e. The van der Waals surface area contributed by atoms with Crippen LogP contribution in [-0.2, 0) is 23.4 Å². The van der Waals surface area contributed by atoms with Crippen molar-refractivity contribution in [1.82, 2.24) is 14.6 Å². The van der Waals surface area contributed by atoms with Crippen molar-refractivity contribution in [3.05, 3.63) is 65.1 Å². The lowest BCUT2D eigenvalue weighted by atomic mass is 10.0. The normalized spacial score (nSPS) is 13.7. The minimum atomic E-state index is -4.13. The van der Waals surface area contributed by atoms with Gasteiger partial charge in [0.25, 0.3) is 5.91 Å². The molecular weight excluding hydrogens is 401 g/mol. The molecule has 150 valence electrons. The molecule has 2 heterocycles. The Morgan fingerprint density at radius 2 is 2.00 bits per heavy atom. The van der Waals surface area contributed by atoms with Crippen LogP contribution in [0.15, 0.2) is 42.6 Å². The van der Waals surface area contributed by atoms with Crippen molar-refractivity contribution >= 4 is 27.1 Å². The van der Waals surface area contributed by atoms with E-state index in [0.717, 1.165) is 0 Å². The van der Waals surface area contributed by atoms with Crippen LogP contribution in [0.1, 0.15) is 21.5 Å². The Labute approximate surface area is 165 Å². The summed E-state index contributed by atoms with van der Waals surface area (Å²) < 4.78 is 44.5. The number of nitrogens with one attached hydrogen (secondary N) is 1. The summed E-state index contributed by atoms with van der Waals surface area (Å²) in [4.78, 5) is 18.4. The van der Waals surface area contributed by atoms with Crippen LogP contribution in [-0.4, -0.2) is 36.4 Å². The molecule has 1 aliphatic rings. The topological polar surface area (TPSA) is 109 Å². The molecule has 0 spiro atoms. The van der Waals surface area contributed by atoms with E-state index in [9.17, 15) is 22.7 Å². The molecule has 0 saturated heterocycles. The maximum absolute atomic E-state index is 13.1. The molecule has 3 aromatic rings. The molecule has 1 aliphatic heterocycles. The number of phenolic OH excluding ortho intramolecular Hbond substituents is 1.